The van der Waals surface area contributed by atoms with Crippen LogP contribution in [0.15, 0.2) is 71.4 Å². The second-order valence-electron chi connectivity index (χ2n) is 5.26. The Morgan fingerprint density at radius 2 is 1.87 bits per heavy atom. The minimum atomic E-state index is 0.00790. The average Bonchev–Trinajstić information content (AvgIpc) is 3.05. The highest BCUT2D eigenvalue weighted by atomic mass is 16.3. The van der Waals surface area contributed by atoms with E-state index in [1.54, 1.807) is 12.4 Å². The lowest BCUT2D eigenvalue weighted by Crippen LogP contribution is -1.88. The normalized spacial score (nSPS) is 11.0. The number of nitrogens with zero attached hydrogens (tertiary/aromatic N) is 2. The van der Waals surface area contributed by atoms with Crippen LogP contribution >= 0.6 is 0 Å². The second-order valence-corrected chi connectivity index (χ2v) is 5.26. The minimum absolute atomic E-state index is 0.00790. The summed E-state index contributed by atoms with van der Waals surface area (Å²) in [5.41, 5.74) is 5.27. The predicted molar refractivity (Wildman–Crippen MR) is 88.6 cm³/mol. The minimum Gasteiger partial charge on any atom is -0.436 e. The molecule has 2 aromatic carbocycles. The predicted octanol–water partition coefficient (Wildman–Crippen LogP) is 4.05. The molecule has 2 heterocycles. The van der Waals surface area contributed by atoms with Crippen molar-refractivity contribution >= 4 is 11.1 Å². The van der Waals surface area contributed by atoms with Crippen LogP contribution < -0.4 is 0 Å². The zero-order chi connectivity index (χ0) is 15.6. The van der Waals surface area contributed by atoms with Gasteiger partial charge < -0.3 is 9.52 Å². The Labute approximate surface area is 133 Å². The lowest BCUT2D eigenvalue weighted by atomic mass is 10.00. The smallest absolute Gasteiger partial charge is 0.228 e. The van der Waals surface area contributed by atoms with E-state index >= 15 is 0 Å². The Kier molecular flexibility index (Phi) is 3.37. The van der Waals surface area contributed by atoms with Crippen molar-refractivity contribution in [2.24, 2.45) is 0 Å². The number of aliphatic hydroxyl groups excluding tert-OH is 1. The second kappa shape index (κ2) is 5.66. The molecule has 1 N–H and O–H groups in total. The molecule has 0 aliphatic rings. The summed E-state index contributed by atoms with van der Waals surface area (Å²) in [4.78, 5) is 8.65. The largest absolute Gasteiger partial charge is 0.436 e. The zero-order valence-electron chi connectivity index (χ0n) is 12.3. The third-order valence-electron chi connectivity index (χ3n) is 3.79. The Morgan fingerprint density at radius 3 is 2.70 bits per heavy atom. The summed E-state index contributed by atoms with van der Waals surface area (Å²) in [5.74, 6) is 0.556. The number of hydrogen-bond donors (Lipinski definition) is 1. The van der Waals surface area contributed by atoms with Crippen LogP contribution in [0.2, 0.25) is 0 Å². The fourth-order valence-electron chi connectivity index (χ4n) is 2.65. The maximum atomic E-state index is 9.50. The van der Waals surface area contributed by atoms with Gasteiger partial charge >= 0.3 is 0 Å². The van der Waals surface area contributed by atoms with Gasteiger partial charge in [0.2, 0.25) is 5.89 Å². The van der Waals surface area contributed by atoms with Crippen molar-refractivity contribution in [2.45, 2.75) is 6.61 Å². The number of aromatic nitrogens is 2. The van der Waals surface area contributed by atoms with E-state index in [0.29, 0.717) is 5.89 Å². The van der Waals surface area contributed by atoms with Crippen molar-refractivity contribution in [2.75, 3.05) is 0 Å². The standard InChI is InChI=1S/C19H14N2O2/c22-12-15-4-1-2-6-16(15)13-7-8-18-17(10-13)21-19(23-18)14-5-3-9-20-11-14/h1-11,22H,12H2. The molecule has 0 radical (unpaired) electrons. The quantitative estimate of drug-likeness (QED) is 0.620. The third kappa shape index (κ3) is 2.49. The highest BCUT2D eigenvalue weighted by Gasteiger charge is 2.10. The first-order valence-electron chi connectivity index (χ1n) is 7.35. The van der Waals surface area contributed by atoms with Gasteiger partial charge in [-0.15, -0.1) is 0 Å². The van der Waals surface area contributed by atoms with Gasteiger partial charge in [-0.25, -0.2) is 4.98 Å². The van der Waals surface area contributed by atoms with E-state index in [0.717, 1.165) is 33.4 Å². The molecule has 23 heavy (non-hydrogen) atoms. The van der Waals surface area contributed by atoms with Gasteiger partial charge in [0.15, 0.2) is 5.58 Å². The Bertz CT molecular complexity index is 961. The van der Waals surface area contributed by atoms with Gasteiger partial charge in [-0.1, -0.05) is 30.3 Å². The Hall–Kier alpha value is -2.98. The lowest BCUT2D eigenvalue weighted by molar-refractivity contribution is 0.282. The first kappa shape index (κ1) is 13.7. The van der Waals surface area contributed by atoms with E-state index in [1.165, 1.54) is 0 Å². The van der Waals surface area contributed by atoms with Gasteiger partial charge in [0.05, 0.1) is 12.2 Å². The number of hydrogen-bond acceptors (Lipinski definition) is 4. The summed E-state index contributed by atoms with van der Waals surface area (Å²) in [7, 11) is 0. The van der Waals surface area contributed by atoms with Gasteiger partial charge in [0, 0.05) is 12.4 Å². The van der Waals surface area contributed by atoms with Crippen molar-refractivity contribution < 1.29 is 9.52 Å². The molecule has 0 bridgehead atoms. The number of pyridine rings is 1. The van der Waals surface area contributed by atoms with E-state index < -0.39 is 0 Å². The van der Waals surface area contributed by atoms with Crippen LogP contribution in [0.25, 0.3) is 33.7 Å². The zero-order valence-corrected chi connectivity index (χ0v) is 12.3. The molecule has 4 rings (SSSR count). The van der Waals surface area contributed by atoms with Gasteiger partial charge in [-0.3, -0.25) is 4.98 Å². The van der Waals surface area contributed by atoms with Crippen LogP contribution in [-0.2, 0) is 6.61 Å². The van der Waals surface area contributed by atoms with E-state index in [-0.39, 0.29) is 6.61 Å². The van der Waals surface area contributed by atoms with E-state index in [2.05, 4.69) is 9.97 Å². The molecular formula is C19H14N2O2. The number of aliphatic hydroxyl groups is 1. The molecule has 0 saturated heterocycles. The van der Waals surface area contributed by atoms with Gasteiger partial charge in [0.25, 0.3) is 0 Å². The highest BCUT2D eigenvalue weighted by molar-refractivity contribution is 5.83. The maximum Gasteiger partial charge on any atom is 0.228 e. The fourth-order valence-corrected chi connectivity index (χ4v) is 2.65. The molecule has 0 saturated carbocycles. The fraction of sp³-hybridized carbons (Fsp3) is 0.0526. The van der Waals surface area contributed by atoms with E-state index in [1.807, 2.05) is 54.6 Å². The molecule has 0 aliphatic heterocycles. The molecule has 112 valence electrons. The SMILES string of the molecule is OCc1ccccc1-c1ccc2oc(-c3cccnc3)nc2c1. The third-order valence-corrected chi connectivity index (χ3v) is 3.79. The van der Waals surface area contributed by atoms with Crippen molar-refractivity contribution in [3.05, 3.63) is 72.6 Å². The van der Waals surface area contributed by atoms with E-state index in [9.17, 15) is 5.11 Å². The van der Waals surface area contributed by atoms with Crippen molar-refractivity contribution in [1.82, 2.24) is 9.97 Å². The number of fused-ring (bicyclic) bond motifs is 1. The molecule has 0 atom stereocenters. The summed E-state index contributed by atoms with van der Waals surface area (Å²) in [6, 6.07) is 17.4. The topological polar surface area (TPSA) is 59.2 Å². The molecule has 4 nitrogen and oxygen atoms in total. The van der Waals surface area contributed by atoms with Gasteiger partial charge in [0.1, 0.15) is 5.52 Å². The van der Waals surface area contributed by atoms with Crippen molar-refractivity contribution in [3.8, 4) is 22.6 Å². The summed E-state index contributed by atoms with van der Waals surface area (Å²) in [5, 5.41) is 9.50. The number of oxazole rings is 1. The van der Waals surface area contributed by atoms with Crippen LogP contribution in [-0.4, -0.2) is 15.1 Å². The van der Waals surface area contributed by atoms with Crippen LogP contribution in [0.3, 0.4) is 0 Å². The van der Waals surface area contributed by atoms with Crippen LogP contribution in [0, 0.1) is 0 Å². The molecule has 0 amide bonds. The molecule has 0 fully saturated rings. The van der Waals surface area contributed by atoms with Gasteiger partial charge in [-0.05, 0) is 41.0 Å². The van der Waals surface area contributed by atoms with Crippen LogP contribution in [0.5, 0.6) is 0 Å². The molecule has 0 unspecified atom stereocenters. The molecule has 2 aromatic heterocycles. The average molecular weight is 302 g/mol. The summed E-state index contributed by atoms with van der Waals surface area (Å²) >= 11 is 0. The first-order valence-corrected chi connectivity index (χ1v) is 7.35. The van der Waals surface area contributed by atoms with Crippen LogP contribution in [0.4, 0.5) is 0 Å². The Balaban J connectivity index is 1.82. The van der Waals surface area contributed by atoms with E-state index in [4.69, 9.17) is 4.42 Å². The number of rotatable bonds is 3. The van der Waals surface area contributed by atoms with Gasteiger partial charge in [-0.2, -0.15) is 0 Å². The number of benzene rings is 2. The highest BCUT2D eigenvalue weighted by Crippen LogP contribution is 2.29. The molecule has 0 aliphatic carbocycles. The Morgan fingerprint density at radius 1 is 0.957 bits per heavy atom. The monoisotopic (exact) mass is 302 g/mol. The lowest BCUT2D eigenvalue weighted by Gasteiger charge is -2.06. The van der Waals surface area contributed by atoms with Crippen LogP contribution in [0.1, 0.15) is 5.56 Å². The summed E-state index contributed by atoms with van der Waals surface area (Å²) in [6.45, 7) is 0.00790. The summed E-state index contributed by atoms with van der Waals surface area (Å²) in [6.07, 6.45) is 3.45. The van der Waals surface area contributed by atoms with Crippen molar-refractivity contribution in [3.63, 3.8) is 0 Å². The van der Waals surface area contributed by atoms with Crippen molar-refractivity contribution in [1.29, 1.82) is 0 Å². The first-order chi connectivity index (χ1) is 11.3. The molecular weight excluding hydrogens is 288 g/mol. The molecule has 4 aromatic rings. The molecule has 0 spiro atoms. The maximum absolute atomic E-state index is 9.50. The molecule has 4 heteroatoms. The summed E-state index contributed by atoms with van der Waals surface area (Å²) < 4.78 is 5.80.